The van der Waals surface area contributed by atoms with E-state index in [2.05, 4.69) is 10.2 Å². The fraction of sp³-hybridized carbons (Fsp3) is 0.316. The summed E-state index contributed by atoms with van der Waals surface area (Å²) in [5.74, 6) is -0.572. The summed E-state index contributed by atoms with van der Waals surface area (Å²) in [5, 5.41) is 2.63. The van der Waals surface area contributed by atoms with E-state index < -0.39 is 17.6 Å². The van der Waals surface area contributed by atoms with Crippen LogP contribution in [0.5, 0.6) is 0 Å². The van der Waals surface area contributed by atoms with Crippen molar-refractivity contribution in [2.75, 3.05) is 31.6 Å². The number of carbonyl (C=O) groups is 1. The summed E-state index contributed by atoms with van der Waals surface area (Å²) in [6.45, 7) is 4.02. The fourth-order valence-electron chi connectivity index (χ4n) is 2.75. The summed E-state index contributed by atoms with van der Waals surface area (Å²) < 4.78 is 43.6. The van der Waals surface area contributed by atoms with Gasteiger partial charge in [0.15, 0.2) is 0 Å². The van der Waals surface area contributed by atoms with Gasteiger partial charge in [-0.25, -0.2) is 0 Å². The number of ether oxygens (including phenoxy) is 1. The zero-order valence-corrected chi connectivity index (χ0v) is 14.1. The van der Waals surface area contributed by atoms with Gasteiger partial charge in [0.05, 0.1) is 18.8 Å². The van der Waals surface area contributed by atoms with E-state index in [-0.39, 0.29) is 5.56 Å². The molecule has 1 aliphatic heterocycles. The minimum Gasteiger partial charge on any atom is -0.379 e. The predicted octanol–water partition coefficient (Wildman–Crippen LogP) is 3.79. The van der Waals surface area contributed by atoms with E-state index in [4.69, 9.17) is 4.74 Å². The Morgan fingerprint density at radius 3 is 2.42 bits per heavy atom. The van der Waals surface area contributed by atoms with Crippen molar-refractivity contribution < 1.29 is 22.7 Å². The standard InChI is InChI=1S/C19H19F3N2O2/c20-19(21,22)16-3-1-2-15(12-16)18(25)23-17-6-4-14(5-7-17)13-24-8-10-26-11-9-24/h1-7,12H,8-11,13H2,(H,23,25). The lowest BCUT2D eigenvalue weighted by atomic mass is 10.1. The van der Waals surface area contributed by atoms with E-state index in [0.29, 0.717) is 5.69 Å². The second-order valence-electron chi connectivity index (χ2n) is 6.12. The molecule has 1 saturated heterocycles. The highest BCUT2D eigenvalue weighted by atomic mass is 19.4. The molecule has 7 heteroatoms. The minimum atomic E-state index is -4.47. The van der Waals surface area contributed by atoms with Gasteiger partial charge in [-0.15, -0.1) is 0 Å². The SMILES string of the molecule is O=C(Nc1ccc(CN2CCOCC2)cc1)c1cccc(C(F)(F)F)c1. The van der Waals surface area contributed by atoms with Gasteiger partial charge in [0, 0.05) is 30.9 Å². The number of carbonyl (C=O) groups excluding carboxylic acids is 1. The number of nitrogens with zero attached hydrogens (tertiary/aromatic N) is 1. The van der Waals surface area contributed by atoms with Gasteiger partial charge >= 0.3 is 6.18 Å². The number of rotatable bonds is 4. The van der Waals surface area contributed by atoms with E-state index in [9.17, 15) is 18.0 Å². The average molecular weight is 364 g/mol. The number of alkyl halides is 3. The monoisotopic (exact) mass is 364 g/mol. The molecule has 26 heavy (non-hydrogen) atoms. The molecule has 4 nitrogen and oxygen atoms in total. The molecular weight excluding hydrogens is 345 g/mol. The van der Waals surface area contributed by atoms with Crippen LogP contribution in [0.15, 0.2) is 48.5 Å². The maximum Gasteiger partial charge on any atom is 0.416 e. The molecule has 0 unspecified atom stereocenters. The second-order valence-corrected chi connectivity index (χ2v) is 6.12. The van der Waals surface area contributed by atoms with E-state index in [1.54, 1.807) is 12.1 Å². The largest absolute Gasteiger partial charge is 0.416 e. The fourth-order valence-corrected chi connectivity index (χ4v) is 2.75. The van der Waals surface area contributed by atoms with Gasteiger partial charge in [-0.1, -0.05) is 18.2 Å². The molecule has 0 saturated carbocycles. The second kappa shape index (κ2) is 7.88. The van der Waals surface area contributed by atoms with Crippen LogP contribution in [0.2, 0.25) is 0 Å². The van der Waals surface area contributed by atoms with Crippen molar-refractivity contribution in [2.24, 2.45) is 0 Å². The third-order valence-corrected chi connectivity index (χ3v) is 4.17. The van der Waals surface area contributed by atoms with Crippen molar-refractivity contribution in [3.05, 3.63) is 65.2 Å². The summed E-state index contributed by atoms with van der Waals surface area (Å²) >= 11 is 0. The molecule has 1 heterocycles. The number of nitrogens with one attached hydrogen (secondary N) is 1. The van der Waals surface area contributed by atoms with E-state index in [1.165, 1.54) is 12.1 Å². The van der Waals surface area contributed by atoms with Gasteiger partial charge in [0.1, 0.15) is 0 Å². The van der Waals surface area contributed by atoms with Gasteiger partial charge in [0.2, 0.25) is 0 Å². The Hall–Kier alpha value is -2.38. The van der Waals surface area contributed by atoms with Crippen molar-refractivity contribution in [1.82, 2.24) is 4.90 Å². The van der Waals surface area contributed by atoms with Crippen LogP contribution >= 0.6 is 0 Å². The number of hydrogen-bond donors (Lipinski definition) is 1. The average Bonchev–Trinajstić information content (AvgIpc) is 2.63. The Morgan fingerprint density at radius 1 is 1.08 bits per heavy atom. The summed E-state index contributed by atoms with van der Waals surface area (Å²) in [5.41, 5.74) is 0.769. The molecule has 1 N–H and O–H groups in total. The van der Waals surface area contributed by atoms with Gasteiger partial charge in [-0.05, 0) is 35.9 Å². The normalized spacial score (nSPS) is 15.7. The van der Waals surface area contributed by atoms with E-state index in [1.807, 2.05) is 12.1 Å². The number of amides is 1. The first-order chi connectivity index (χ1) is 12.4. The van der Waals surface area contributed by atoms with Crippen molar-refractivity contribution in [3.8, 4) is 0 Å². The zero-order valence-electron chi connectivity index (χ0n) is 14.1. The molecule has 2 aromatic rings. The van der Waals surface area contributed by atoms with Crippen LogP contribution in [0.4, 0.5) is 18.9 Å². The van der Waals surface area contributed by atoms with Crippen LogP contribution in [0.3, 0.4) is 0 Å². The van der Waals surface area contributed by atoms with Crippen molar-refractivity contribution >= 4 is 11.6 Å². The summed E-state index contributed by atoms with van der Waals surface area (Å²) in [4.78, 5) is 14.5. The Labute approximate surface area is 149 Å². The number of morpholine rings is 1. The Kier molecular flexibility index (Phi) is 5.58. The molecule has 2 aromatic carbocycles. The Bertz CT molecular complexity index is 754. The maximum atomic E-state index is 12.8. The van der Waals surface area contributed by atoms with Gasteiger partial charge < -0.3 is 10.1 Å². The first kappa shape index (κ1) is 18.4. The number of benzene rings is 2. The third-order valence-electron chi connectivity index (χ3n) is 4.17. The highest BCUT2D eigenvalue weighted by Gasteiger charge is 2.30. The minimum absolute atomic E-state index is 0.0304. The van der Waals surface area contributed by atoms with Crippen LogP contribution in [-0.2, 0) is 17.5 Å². The molecule has 0 radical (unpaired) electrons. The lowest BCUT2D eigenvalue weighted by Gasteiger charge is -2.26. The lowest BCUT2D eigenvalue weighted by Crippen LogP contribution is -2.35. The zero-order chi connectivity index (χ0) is 18.6. The summed E-state index contributed by atoms with van der Waals surface area (Å²) in [6.07, 6.45) is -4.47. The van der Waals surface area contributed by atoms with Crippen LogP contribution < -0.4 is 5.32 Å². The van der Waals surface area contributed by atoms with Crippen LogP contribution in [0.1, 0.15) is 21.5 Å². The van der Waals surface area contributed by atoms with Gasteiger partial charge in [-0.2, -0.15) is 13.2 Å². The predicted molar refractivity (Wildman–Crippen MR) is 91.9 cm³/mol. The van der Waals surface area contributed by atoms with E-state index >= 15 is 0 Å². The molecule has 0 atom stereocenters. The van der Waals surface area contributed by atoms with Crippen molar-refractivity contribution in [1.29, 1.82) is 0 Å². The maximum absolute atomic E-state index is 12.8. The summed E-state index contributed by atoms with van der Waals surface area (Å²) in [6, 6.07) is 11.7. The lowest BCUT2D eigenvalue weighted by molar-refractivity contribution is -0.137. The van der Waals surface area contributed by atoms with Gasteiger partial charge in [-0.3, -0.25) is 9.69 Å². The van der Waals surface area contributed by atoms with E-state index in [0.717, 1.165) is 50.5 Å². The highest BCUT2D eigenvalue weighted by Crippen LogP contribution is 2.29. The molecular formula is C19H19F3N2O2. The molecule has 138 valence electrons. The summed E-state index contributed by atoms with van der Waals surface area (Å²) in [7, 11) is 0. The highest BCUT2D eigenvalue weighted by molar-refractivity contribution is 6.04. The molecule has 0 spiro atoms. The third kappa shape index (κ3) is 4.83. The Balaban J connectivity index is 1.62. The molecule has 1 fully saturated rings. The van der Waals surface area contributed by atoms with Gasteiger partial charge in [0.25, 0.3) is 5.91 Å². The number of hydrogen-bond acceptors (Lipinski definition) is 3. The Morgan fingerprint density at radius 2 is 1.77 bits per heavy atom. The van der Waals surface area contributed by atoms with Crippen molar-refractivity contribution in [2.45, 2.75) is 12.7 Å². The van der Waals surface area contributed by atoms with Crippen molar-refractivity contribution in [3.63, 3.8) is 0 Å². The van der Waals surface area contributed by atoms with Crippen LogP contribution in [0, 0.1) is 0 Å². The van der Waals surface area contributed by atoms with Crippen LogP contribution in [-0.4, -0.2) is 37.1 Å². The quantitative estimate of drug-likeness (QED) is 0.898. The molecule has 1 amide bonds. The number of halogens is 3. The smallest absolute Gasteiger partial charge is 0.379 e. The number of anilines is 1. The molecule has 3 rings (SSSR count). The molecule has 0 aliphatic carbocycles. The topological polar surface area (TPSA) is 41.6 Å². The molecule has 1 aliphatic rings. The first-order valence-electron chi connectivity index (χ1n) is 8.29. The van der Waals surface area contributed by atoms with Crippen LogP contribution in [0.25, 0.3) is 0 Å². The molecule has 0 bridgehead atoms. The first-order valence-corrected chi connectivity index (χ1v) is 8.29. The molecule has 0 aromatic heterocycles.